The summed E-state index contributed by atoms with van der Waals surface area (Å²) in [6, 6.07) is 4.02. The van der Waals surface area contributed by atoms with E-state index in [2.05, 4.69) is 28.3 Å². The largest absolute Gasteiger partial charge is 0.316 e. The number of nitrogens with zero attached hydrogens (tertiary/aromatic N) is 3. The van der Waals surface area contributed by atoms with E-state index >= 15 is 0 Å². The summed E-state index contributed by atoms with van der Waals surface area (Å²) in [6.45, 7) is 2.21. The molecule has 0 saturated heterocycles. The van der Waals surface area contributed by atoms with Crippen LogP contribution in [-0.2, 0) is 17.6 Å². The summed E-state index contributed by atoms with van der Waals surface area (Å²) in [5.74, 6) is 0.793. The zero-order chi connectivity index (χ0) is 16.9. The Morgan fingerprint density at radius 1 is 1.50 bits per heavy atom. The van der Waals surface area contributed by atoms with E-state index < -0.39 is 0 Å². The van der Waals surface area contributed by atoms with Crippen molar-refractivity contribution in [2.45, 2.75) is 37.8 Å². The second-order valence-corrected chi connectivity index (χ2v) is 7.75. The number of thiophene rings is 1. The molecule has 1 N–H and O–H groups in total. The van der Waals surface area contributed by atoms with Gasteiger partial charge in [-0.3, -0.25) is 4.79 Å². The van der Waals surface area contributed by atoms with Crippen LogP contribution in [0, 0.1) is 17.2 Å². The van der Waals surface area contributed by atoms with Gasteiger partial charge in [-0.05, 0) is 36.8 Å². The summed E-state index contributed by atoms with van der Waals surface area (Å²) in [6.07, 6.45) is 7.55. The SMILES string of the molecule is CC[C@H]1CCc2c(sc(NC(=O)CSc3ncccn3)c2C#N)C1. The fraction of sp³-hybridized carbons (Fsp3) is 0.412. The van der Waals surface area contributed by atoms with Crippen LogP contribution in [-0.4, -0.2) is 21.6 Å². The molecule has 3 rings (SSSR count). The van der Waals surface area contributed by atoms with Gasteiger partial charge in [0.2, 0.25) is 5.91 Å². The third kappa shape index (κ3) is 3.77. The van der Waals surface area contributed by atoms with Crippen molar-refractivity contribution in [3.05, 3.63) is 34.5 Å². The number of nitrogens with one attached hydrogen (secondary N) is 1. The van der Waals surface area contributed by atoms with Crippen LogP contribution < -0.4 is 5.32 Å². The summed E-state index contributed by atoms with van der Waals surface area (Å²) in [5, 5.41) is 13.7. The molecule has 2 aromatic rings. The Morgan fingerprint density at radius 3 is 3.00 bits per heavy atom. The molecule has 2 heterocycles. The number of nitriles is 1. The first-order chi connectivity index (χ1) is 11.7. The fourth-order valence-corrected chi connectivity index (χ4v) is 4.79. The molecule has 1 aliphatic carbocycles. The lowest BCUT2D eigenvalue weighted by atomic mass is 9.86. The Kier molecular flexibility index (Phi) is 5.48. The number of carbonyl (C=O) groups is 1. The normalized spacial score (nSPS) is 16.2. The van der Waals surface area contributed by atoms with Gasteiger partial charge < -0.3 is 5.32 Å². The van der Waals surface area contributed by atoms with E-state index in [1.54, 1.807) is 29.8 Å². The molecule has 0 fully saturated rings. The molecule has 2 aromatic heterocycles. The molecule has 1 amide bonds. The maximum atomic E-state index is 12.2. The molecule has 0 unspecified atom stereocenters. The van der Waals surface area contributed by atoms with E-state index in [4.69, 9.17) is 0 Å². The highest BCUT2D eigenvalue weighted by Gasteiger charge is 2.25. The number of hydrogen-bond acceptors (Lipinski definition) is 6. The smallest absolute Gasteiger partial charge is 0.235 e. The maximum Gasteiger partial charge on any atom is 0.235 e. The van der Waals surface area contributed by atoms with Crippen molar-refractivity contribution in [3.8, 4) is 6.07 Å². The molecule has 7 heteroatoms. The highest BCUT2D eigenvalue weighted by atomic mass is 32.2. The van der Waals surface area contributed by atoms with Crippen LogP contribution >= 0.6 is 23.1 Å². The summed E-state index contributed by atoms with van der Waals surface area (Å²) in [5.41, 5.74) is 1.79. The van der Waals surface area contributed by atoms with E-state index in [9.17, 15) is 10.1 Å². The molecule has 0 radical (unpaired) electrons. The van der Waals surface area contributed by atoms with Crippen LogP contribution in [0.15, 0.2) is 23.6 Å². The van der Waals surface area contributed by atoms with Crippen LogP contribution in [0.5, 0.6) is 0 Å². The van der Waals surface area contributed by atoms with E-state index in [1.807, 2.05) is 0 Å². The summed E-state index contributed by atoms with van der Waals surface area (Å²) >= 11 is 2.85. The Balaban J connectivity index is 1.68. The van der Waals surface area contributed by atoms with Gasteiger partial charge in [0.05, 0.1) is 11.3 Å². The zero-order valence-electron chi connectivity index (χ0n) is 13.4. The minimum atomic E-state index is -0.130. The molecular weight excluding hydrogens is 340 g/mol. The molecule has 0 spiro atoms. The summed E-state index contributed by atoms with van der Waals surface area (Å²) in [4.78, 5) is 21.6. The van der Waals surface area contributed by atoms with E-state index in [0.29, 0.717) is 21.6 Å². The predicted molar refractivity (Wildman–Crippen MR) is 96.2 cm³/mol. The Bertz CT molecular complexity index is 767. The number of thioether (sulfide) groups is 1. The molecule has 1 aliphatic rings. The topological polar surface area (TPSA) is 78.7 Å². The van der Waals surface area contributed by atoms with Crippen molar-refractivity contribution in [1.82, 2.24) is 9.97 Å². The van der Waals surface area contributed by atoms with Crippen molar-refractivity contribution >= 4 is 34.0 Å². The molecule has 1 atom stereocenters. The number of fused-ring (bicyclic) bond motifs is 1. The van der Waals surface area contributed by atoms with Crippen LogP contribution in [0.1, 0.15) is 35.8 Å². The first-order valence-corrected chi connectivity index (χ1v) is 9.75. The molecule has 0 aromatic carbocycles. The first kappa shape index (κ1) is 16.9. The lowest BCUT2D eigenvalue weighted by Crippen LogP contribution is -2.14. The predicted octanol–water partition coefficient (Wildman–Crippen LogP) is 3.66. The summed E-state index contributed by atoms with van der Waals surface area (Å²) in [7, 11) is 0. The zero-order valence-corrected chi connectivity index (χ0v) is 15.0. The number of carbonyl (C=O) groups excluding carboxylic acids is 1. The minimum Gasteiger partial charge on any atom is -0.316 e. The van der Waals surface area contributed by atoms with Gasteiger partial charge in [-0.15, -0.1) is 11.3 Å². The van der Waals surface area contributed by atoms with Gasteiger partial charge in [-0.1, -0.05) is 25.1 Å². The third-order valence-corrected chi connectivity index (χ3v) is 6.23. The van der Waals surface area contributed by atoms with Crippen molar-refractivity contribution in [3.63, 3.8) is 0 Å². The van der Waals surface area contributed by atoms with E-state index in [1.165, 1.54) is 16.6 Å². The Morgan fingerprint density at radius 2 is 2.29 bits per heavy atom. The van der Waals surface area contributed by atoms with Crippen LogP contribution in [0.25, 0.3) is 0 Å². The van der Waals surface area contributed by atoms with Gasteiger partial charge in [-0.2, -0.15) is 5.26 Å². The van der Waals surface area contributed by atoms with Gasteiger partial charge in [0, 0.05) is 17.3 Å². The molecule has 124 valence electrons. The van der Waals surface area contributed by atoms with E-state index in [-0.39, 0.29) is 11.7 Å². The average Bonchev–Trinajstić information content (AvgIpc) is 2.96. The van der Waals surface area contributed by atoms with Crippen LogP contribution in [0.4, 0.5) is 5.00 Å². The van der Waals surface area contributed by atoms with Gasteiger partial charge >= 0.3 is 0 Å². The van der Waals surface area contributed by atoms with Gasteiger partial charge in [0.15, 0.2) is 5.16 Å². The Hall–Kier alpha value is -1.91. The molecular formula is C17H18N4OS2. The molecule has 0 saturated carbocycles. The van der Waals surface area contributed by atoms with Crippen molar-refractivity contribution in [2.75, 3.05) is 11.1 Å². The Labute approximate surface area is 149 Å². The van der Waals surface area contributed by atoms with Crippen molar-refractivity contribution in [2.24, 2.45) is 5.92 Å². The number of hydrogen-bond donors (Lipinski definition) is 1. The number of anilines is 1. The quantitative estimate of drug-likeness (QED) is 0.652. The second-order valence-electron chi connectivity index (χ2n) is 5.71. The molecule has 5 nitrogen and oxygen atoms in total. The number of amides is 1. The lowest BCUT2D eigenvalue weighted by Gasteiger charge is -2.20. The minimum absolute atomic E-state index is 0.130. The van der Waals surface area contributed by atoms with Gasteiger partial charge in [-0.25, -0.2) is 9.97 Å². The van der Waals surface area contributed by atoms with Crippen LogP contribution in [0.3, 0.4) is 0 Å². The molecule has 0 aliphatic heterocycles. The third-order valence-electron chi connectivity index (χ3n) is 4.18. The van der Waals surface area contributed by atoms with Gasteiger partial charge in [0.25, 0.3) is 0 Å². The van der Waals surface area contributed by atoms with Crippen molar-refractivity contribution in [1.29, 1.82) is 5.26 Å². The standard InChI is InChI=1S/C17H18N4OS2/c1-2-11-4-5-12-13(9-18)16(24-14(12)8-11)21-15(22)10-23-17-19-6-3-7-20-17/h3,6-7,11H,2,4-5,8,10H2,1H3,(H,21,22)/t11-/m0/s1. The summed E-state index contributed by atoms with van der Waals surface area (Å²) < 4.78 is 0. The number of rotatable bonds is 5. The fourth-order valence-electron chi connectivity index (χ4n) is 2.86. The van der Waals surface area contributed by atoms with E-state index in [0.717, 1.165) is 31.2 Å². The highest BCUT2D eigenvalue weighted by Crippen LogP contribution is 2.40. The lowest BCUT2D eigenvalue weighted by molar-refractivity contribution is -0.113. The van der Waals surface area contributed by atoms with Crippen LogP contribution in [0.2, 0.25) is 0 Å². The van der Waals surface area contributed by atoms with Gasteiger partial charge in [0.1, 0.15) is 11.1 Å². The molecule has 24 heavy (non-hydrogen) atoms. The highest BCUT2D eigenvalue weighted by molar-refractivity contribution is 7.99. The molecule has 0 bridgehead atoms. The number of aromatic nitrogens is 2. The first-order valence-electron chi connectivity index (χ1n) is 7.95. The average molecular weight is 358 g/mol. The second kappa shape index (κ2) is 7.77. The monoisotopic (exact) mass is 358 g/mol. The maximum absolute atomic E-state index is 12.2. The van der Waals surface area contributed by atoms with Crippen molar-refractivity contribution < 1.29 is 4.79 Å².